The van der Waals surface area contributed by atoms with E-state index in [0.29, 0.717) is 10.5 Å². The van der Waals surface area contributed by atoms with Gasteiger partial charge in [0, 0.05) is 9.95 Å². The topological polar surface area (TPSA) is 0 Å². The molecule has 0 nitrogen and oxygen atoms in total. The summed E-state index contributed by atoms with van der Waals surface area (Å²) in [6.07, 6.45) is 4.50. The highest BCUT2D eigenvalue weighted by molar-refractivity contribution is 8.39. The first-order valence-electron chi connectivity index (χ1n) is 2.53. The van der Waals surface area contributed by atoms with Crippen molar-refractivity contribution in [3.8, 4) is 0 Å². The predicted molar refractivity (Wildman–Crippen MR) is 43.3 cm³/mol. The molecule has 2 aliphatic rings. The summed E-state index contributed by atoms with van der Waals surface area (Å²) in [5, 5.41) is 4.50. The zero-order chi connectivity index (χ0) is 5.40. The SMILES string of the molecule is C1=CC2=S(C=CS2)C1. The number of rotatable bonds is 0. The minimum Gasteiger partial charge on any atom is -0.144 e. The highest BCUT2D eigenvalue weighted by Gasteiger charge is 2.08. The molecule has 0 radical (unpaired) electrons. The Bertz CT molecular complexity index is 177. The van der Waals surface area contributed by atoms with Gasteiger partial charge in [-0.2, -0.15) is 0 Å². The van der Waals surface area contributed by atoms with Crippen LogP contribution in [0.2, 0.25) is 0 Å². The minimum absolute atomic E-state index is 0.520. The van der Waals surface area contributed by atoms with Crippen LogP contribution in [0.5, 0.6) is 0 Å². The molecule has 0 aromatic heterocycles. The molecule has 2 heteroatoms. The number of hydrogen-bond acceptors (Lipinski definition) is 1. The van der Waals surface area contributed by atoms with E-state index in [2.05, 4.69) is 23.0 Å². The van der Waals surface area contributed by atoms with Gasteiger partial charge in [-0.15, -0.1) is 10.5 Å². The van der Waals surface area contributed by atoms with Crippen LogP contribution < -0.4 is 0 Å². The maximum absolute atomic E-state index is 2.31. The summed E-state index contributed by atoms with van der Waals surface area (Å²) in [4.78, 5) is 0. The lowest BCUT2D eigenvalue weighted by atomic mass is 10.6. The Kier molecular flexibility index (Phi) is 1.09. The molecule has 1 unspecified atom stereocenters. The van der Waals surface area contributed by atoms with E-state index in [0.717, 1.165) is 0 Å². The van der Waals surface area contributed by atoms with Gasteiger partial charge in [0.25, 0.3) is 0 Å². The van der Waals surface area contributed by atoms with Gasteiger partial charge < -0.3 is 0 Å². The van der Waals surface area contributed by atoms with Crippen LogP contribution in [0.4, 0.5) is 0 Å². The molecule has 2 rings (SSSR count). The van der Waals surface area contributed by atoms with E-state index >= 15 is 0 Å². The Labute approximate surface area is 55.6 Å². The Morgan fingerprint density at radius 2 is 2.62 bits per heavy atom. The van der Waals surface area contributed by atoms with Crippen molar-refractivity contribution >= 4 is 26.4 Å². The summed E-state index contributed by atoms with van der Waals surface area (Å²) in [5.41, 5.74) is 0. The zero-order valence-corrected chi connectivity index (χ0v) is 5.97. The Hall–Kier alpha value is 0.0500. The van der Waals surface area contributed by atoms with Crippen molar-refractivity contribution in [2.75, 3.05) is 5.75 Å². The quantitative estimate of drug-likeness (QED) is 0.467. The highest BCUT2D eigenvalue weighted by atomic mass is 32.2. The summed E-state index contributed by atoms with van der Waals surface area (Å²) in [7, 11) is 0.520. The van der Waals surface area contributed by atoms with Crippen LogP contribution in [-0.2, 0) is 0 Å². The van der Waals surface area contributed by atoms with Crippen molar-refractivity contribution in [1.82, 2.24) is 0 Å². The molecule has 2 aliphatic heterocycles. The van der Waals surface area contributed by atoms with E-state index in [4.69, 9.17) is 0 Å². The molecule has 0 bridgehead atoms. The fourth-order valence-electron chi connectivity index (χ4n) is 0.803. The second kappa shape index (κ2) is 1.78. The Morgan fingerprint density at radius 1 is 1.62 bits per heavy atom. The average Bonchev–Trinajstić information content (AvgIpc) is 2.15. The van der Waals surface area contributed by atoms with Gasteiger partial charge in [0.05, 0.1) is 0 Å². The molecule has 42 valence electrons. The van der Waals surface area contributed by atoms with Crippen LogP contribution in [0.3, 0.4) is 0 Å². The largest absolute Gasteiger partial charge is 0.144 e. The standard InChI is InChI=1S/C6H6S2/c1-2-6-7-3-5-8(6)4-1/h1-3,5H,4H2. The van der Waals surface area contributed by atoms with Gasteiger partial charge in [-0.25, -0.2) is 0 Å². The summed E-state index contributed by atoms with van der Waals surface area (Å²) >= 11 is 1.87. The summed E-state index contributed by atoms with van der Waals surface area (Å²) < 4.78 is 1.56. The summed E-state index contributed by atoms with van der Waals surface area (Å²) in [6, 6.07) is 0. The van der Waals surface area contributed by atoms with Crippen molar-refractivity contribution in [1.29, 1.82) is 0 Å². The van der Waals surface area contributed by atoms with E-state index in [9.17, 15) is 0 Å². The van der Waals surface area contributed by atoms with Crippen LogP contribution in [-0.4, -0.2) is 9.95 Å². The highest BCUT2D eigenvalue weighted by Crippen LogP contribution is 2.35. The van der Waals surface area contributed by atoms with Crippen molar-refractivity contribution in [3.63, 3.8) is 0 Å². The second-order valence-electron chi connectivity index (χ2n) is 1.71. The first-order chi connectivity index (χ1) is 3.97. The molecule has 0 saturated heterocycles. The first-order valence-corrected chi connectivity index (χ1v) is 4.87. The van der Waals surface area contributed by atoms with E-state index in [-0.39, 0.29) is 0 Å². The third-order valence-electron chi connectivity index (χ3n) is 1.19. The molecule has 1 atom stereocenters. The maximum atomic E-state index is 2.31. The molecule has 0 spiro atoms. The predicted octanol–water partition coefficient (Wildman–Crippen LogP) is 2.17. The van der Waals surface area contributed by atoms with Crippen LogP contribution >= 0.6 is 22.2 Å². The lowest BCUT2D eigenvalue weighted by Crippen LogP contribution is -1.71. The third kappa shape index (κ3) is 0.599. The minimum atomic E-state index is 0.520. The molecule has 8 heavy (non-hydrogen) atoms. The first kappa shape index (κ1) is 4.89. The second-order valence-corrected chi connectivity index (χ2v) is 4.82. The molecule has 0 aliphatic carbocycles. The molecule has 0 saturated carbocycles. The van der Waals surface area contributed by atoms with Crippen molar-refractivity contribution in [3.05, 3.63) is 23.0 Å². The van der Waals surface area contributed by atoms with Gasteiger partial charge >= 0.3 is 0 Å². The lowest BCUT2D eigenvalue weighted by molar-refractivity contribution is 1.82. The van der Waals surface area contributed by atoms with Gasteiger partial charge in [-0.05, 0) is 16.9 Å². The third-order valence-corrected chi connectivity index (χ3v) is 4.60. The number of hydrogen-bond donors (Lipinski definition) is 0. The number of thioether (sulfide) groups is 1. The molecular weight excluding hydrogens is 136 g/mol. The molecule has 2 heterocycles. The molecule has 0 fully saturated rings. The van der Waals surface area contributed by atoms with Gasteiger partial charge in [-0.3, -0.25) is 0 Å². The zero-order valence-electron chi connectivity index (χ0n) is 4.33. The molecule has 0 aromatic rings. The van der Waals surface area contributed by atoms with Crippen LogP contribution in [0, 0.1) is 0 Å². The molecule has 0 amide bonds. The molecular formula is C6H6S2. The van der Waals surface area contributed by atoms with Crippen molar-refractivity contribution in [2.24, 2.45) is 0 Å². The van der Waals surface area contributed by atoms with Gasteiger partial charge in [0.1, 0.15) is 0 Å². The van der Waals surface area contributed by atoms with Gasteiger partial charge in [0.2, 0.25) is 0 Å². The van der Waals surface area contributed by atoms with Gasteiger partial charge in [-0.1, -0.05) is 17.8 Å². The van der Waals surface area contributed by atoms with Crippen LogP contribution in [0.15, 0.2) is 23.0 Å². The fourth-order valence-corrected chi connectivity index (χ4v) is 3.89. The average molecular weight is 142 g/mol. The lowest BCUT2D eigenvalue weighted by Gasteiger charge is -1.88. The fraction of sp³-hybridized carbons (Fsp3) is 0.167. The summed E-state index contributed by atoms with van der Waals surface area (Å²) in [5.74, 6) is 1.26. The Morgan fingerprint density at radius 3 is 3.50 bits per heavy atom. The molecule has 0 aromatic carbocycles. The maximum Gasteiger partial charge on any atom is 0.0390 e. The van der Waals surface area contributed by atoms with E-state index in [1.165, 1.54) is 5.75 Å². The van der Waals surface area contributed by atoms with Crippen molar-refractivity contribution in [2.45, 2.75) is 0 Å². The Balaban J connectivity index is 2.41. The monoisotopic (exact) mass is 142 g/mol. The van der Waals surface area contributed by atoms with E-state index < -0.39 is 0 Å². The van der Waals surface area contributed by atoms with Gasteiger partial charge in [0.15, 0.2) is 0 Å². The normalized spacial score (nSPS) is 32.0. The van der Waals surface area contributed by atoms with Crippen LogP contribution in [0.1, 0.15) is 0 Å². The van der Waals surface area contributed by atoms with E-state index in [1.807, 2.05) is 11.8 Å². The summed E-state index contributed by atoms with van der Waals surface area (Å²) in [6.45, 7) is 0. The van der Waals surface area contributed by atoms with E-state index in [1.54, 1.807) is 4.20 Å². The smallest absolute Gasteiger partial charge is 0.0390 e. The van der Waals surface area contributed by atoms with Crippen LogP contribution in [0.25, 0.3) is 0 Å². The van der Waals surface area contributed by atoms with Crippen molar-refractivity contribution < 1.29 is 0 Å². The molecule has 0 N–H and O–H groups in total.